The maximum Gasteiger partial charge on any atom is 0.254 e. The smallest absolute Gasteiger partial charge is 0.254 e. The molecule has 1 aromatic rings. The molecule has 1 atom stereocenters. The van der Waals surface area contributed by atoms with Crippen LogP contribution in [0, 0.1) is 0 Å². The molecule has 0 aliphatic carbocycles. The van der Waals surface area contributed by atoms with Crippen LogP contribution in [0.15, 0.2) is 24.3 Å². The Bertz CT molecular complexity index is 430. The van der Waals surface area contributed by atoms with E-state index in [1.807, 2.05) is 43.0 Å². The zero-order valence-corrected chi connectivity index (χ0v) is 12.2. The van der Waals surface area contributed by atoms with Gasteiger partial charge in [0.05, 0.1) is 6.10 Å². The highest BCUT2D eigenvalue weighted by atomic mass is 35.5. The molecular formula is C15H20ClNO2. The van der Waals surface area contributed by atoms with Crippen molar-refractivity contribution < 1.29 is 9.53 Å². The highest BCUT2D eigenvalue weighted by Gasteiger charge is 2.28. The first-order chi connectivity index (χ1) is 9.11. The third kappa shape index (κ3) is 3.41. The lowest BCUT2D eigenvalue weighted by atomic mass is 10.1. The van der Waals surface area contributed by atoms with E-state index >= 15 is 0 Å². The minimum Gasteiger partial charge on any atom is -0.491 e. The fourth-order valence-corrected chi connectivity index (χ4v) is 2.70. The van der Waals surface area contributed by atoms with Crippen molar-refractivity contribution in [3.8, 4) is 5.75 Å². The number of hydrogen-bond donors (Lipinski definition) is 0. The predicted octanol–water partition coefficient (Wildman–Crippen LogP) is 3.32. The maximum absolute atomic E-state index is 12.4. The number of hydrogen-bond acceptors (Lipinski definition) is 2. The third-order valence-electron chi connectivity index (χ3n) is 3.29. The normalized spacial score (nSPS) is 18.9. The number of likely N-dealkylation sites (tertiary alicyclic amines) is 1. The Morgan fingerprint density at radius 3 is 2.68 bits per heavy atom. The molecule has 19 heavy (non-hydrogen) atoms. The molecular weight excluding hydrogens is 262 g/mol. The summed E-state index contributed by atoms with van der Waals surface area (Å²) in [6.07, 6.45) is 2.18. The Hall–Kier alpha value is -1.22. The summed E-state index contributed by atoms with van der Waals surface area (Å²) in [5.74, 6) is 1.38. The fourth-order valence-electron chi connectivity index (χ4n) is 2.38. The van der Waals surface area contributed by atoms with Gasteiger partial charge < -0.3 is 9.64 Å². The second kappa shape index (κ2) is 6.29. The predicted molar refractivity (Wildman–Crippen MR) is 77.0 cm³/mol. The number of halogens is 1. The molecule has 1 unspecified atom stereocenters. The summed E-state index contributed by atoms with van der Waals surface area (Å²) in [4.78, 5) is 14.3. The lowest BCUT2D eigenvalue weighted by molar-refractivity contribution is 0.0749. The minimum absolute atomic E-state index is 0.0687. The molecule has 1 aliphatic rings. The molecule has 1 fully saturated rings. The molecule has 2 rings (SSSR count). The number of rotatable bonds is 4. The molecule has 1 heterocycles. The summed E-state index contributed by atoms with van der Waals surface area (Å²) in [5, 5.41) is 0. The molecule has 1 saturated heterocycles. The van der Waals surface area contributed by atoms with Crippen molar-refractivity contribution in [3.05, 3.63) is 29.8 Å². The zero-order chi connectivity index (χ0) is 13.8. The van der Waals surface area contributed by atoms with Crippen LogP contribution < -0.4 is 4.74 Å². The van der Waals surface area contributed by atoms with E-state index in [9.17, 15) is 4.79 Å². The third-order valence-corrected chi connectivity index (χ3v) is 3.65. The lowest BCUT2D eigenvalue weighted by Crippen LogP contribution is -2.36. The highest BCUT2D eigenvalue weighted by molar-refractivity contribution is 6.18. The highest BCUT2D eigenvalue weighted by Crippen LogP contribution is 2.22. The van der Waals surface area contributed by atoms with Gasteiger partial charge in [-0.2, -0.15) is 0 Å². The van der Waals surface area contributed by atoms with Gasteiger partial charge in [-0.15, -0.1) is 11.6 Å². The Morgan fingerprint density at radius 1 is 1.42 bits per heavy atom. The van der Waals surface area contributed by atoms with E-state index in [-0.39, 0.29) is 18.1 Å². The Morgan fingerprint density at radius 2 is 2.11 bits per heavy atom. The molecule has 0 saturated carbocycles. The molecule has 0 N–H and O–H groups in total. The number of ether oxygens (including phenoxy) is 1. The van der Waals surface area contributed by atoms with Crippen LogP contribution in [0.1, 0.15) is 37.0 Å². The van der Waals surface area contributed by atoms with Gasteiger partial charge in [0, 0.05) is 24.0 Å². The van der Waals surface area contributed by atoms with E-state index < -0.39 is 0 Å². The van der Waals surface area contributed by atoms with E-state index in [1.165, 1.54) is 0 Å². The van der Waals surface area contributed by atoms with Crippen LogP contribution in [0.3, 0.4) is 0 Å². The number of carbonyl (C=O) groups is 1. The molecule has 4 heteroatoms. The van der Waals surface area contributed by atoms with Crippen molar-refractivity contribution >= 4 is 17.5 Å². The van der Waals surface area contributed by atoms with Crippen molar-refractivity contribution in [1.29, 1.82) is 0 Å². The van der Waals surface area contributed by atoms with Gasteiger partial charge in [0.25, 0.3) is 5.91 Å². The monoisotopic (exact) mass is 281 g/mol. The first-order valence-electron chi connectivity index (χ1n) is 6.75. The van der Waals surface area contributed by atoms with E-state index in [4.69, 9.17) is 16.3 Å². The van der Waals surface area contributed by atoms with Crippen LogP contribution in [0.25, 0.3) is 0 Å². The fraction of sp³-hybridized carbons (Fsp3) is 0.533. The number of carbonyl (C=O) groups excluding carboxylic acids is 1. The number of amides is 1. The minimum atomic E-state index is 0.0687. The SMILES string of the molecule is CC(C)Oc1ccc(C(=O)N2CCCC2CCl)cc1. The molecule has 104 valence electrons. The number of nitrogens with zero attached hydrogens (tertiary/aromatic N) is 1. The molecule has 1 aromatic carbocycles. The summed E-state index contributed by atoms with van der Waals surface area (Å²) in [6, 6.07) is 7.52. The number of alkyl halides is 1. The molecule has 0 bridgehead atoms. The van der Waals surface area contributed by atoms with Crippen molar-refractivity contribution in [2.24, 2.45) is 0 Å². The molecule has 3 nitrogen and oxygen atoms in total. The molecule has 1 amide bonds. The topological polar surface area (TPSA) is 29.5 Å². The van der Waals surface area contributed by atoms with E-state index in [2.05, 4.69) is 0 Å². The van der Waals surface area contributed by atoms with Crippen molar-refractivity contribution in [1.82, 2.24) is 4.90 Å². The lowest BCUT2D eigenvalue weighted by Gasteiger charge is -2.23. The van der Waals surface area contributed by atoms with Gasteiger partial charge in [-0.25, -0.2) is 0 Å². The van der Waals surface area contributed by atoms with Crippen LogP contribution in [0.5, 0.6) is 5.75 Å². The molecule has 1 aliphatic heterocycles. The summed E-state index contributed by atoms with van der Waals surface area (Å²) < 4.78 is 5.57. The van der Waals surface area contributed by atoms with Gasteiger partial charge in [-0.05, 0) is 51.0 Å². The Balaban J connectivity index is 2.07. The molecule has 0 spiro atoms. The number of benzene rings is 1. The molecule has 0 radical (unpaired) electrons. The Labute approximate surface area is 119 Å². The molecule has 0 aromatic heterocycles. The van der Waals surface area contributed by atoms with Crippen LogP contribution in [-0.2, 0) is 0 Å². The standard InChI is InChI=1S/C15H20ClNO2/c1-11(2)19-14-7-5-12(6-8-14)15(18)17-9-3-4-13(17)10-16/h5-8,11,13H,3-4,9-10H2,1-2H3. The van der Waals surface area contributed by atoms with Gasteiger partial charge >= 0.3 is 0 Å². The van der Waals surface area contributed by atoms with E-state index in [1.54, 1.807) is 0 Å². The zero-order valence-electron chi connectivity index (χ0n) is 11.4. The van der Waals surface area contributed by atoms with Crippen LogP contribution in [-0.4, -0.2) is 35.4 Å². The van der Waals surface area contributed by atoms with Crippen molar-refractivity contribution in [2.45, 2.75) is 38.8 Å². The second-order valence-electron chi connectivity index (χ2n) is 5.14. The van der Waals surface area contributed by atoms with Gasteiger partial charge in [-0.3, -0.25) is 4.79 Å². The average Bonchev–Trinajstić information content (AvgIpc) is 2.86. The van der Waals surface area contributed by atoms with Gasteiger partial charge in [0.2, 0.25) is 0 Å². The first-order valence-corrected chi connectivity index (χ1v) is 7.29. The summed E-state index contributed by atoms with van der Waals surface area (Å²) in [6.45, 7) is 4.77. The van der Waals surface area contributed by atoms with Crippen LogP contribution in [0.2, 0.25) is 0 Å². The van der Waals surface area contributed by atoms with Gasteiger partial charge in [-0.1, -0.05) is 0 Å². The van der Waals surface area contributed by atoms with E-state index in [0.29, 0.717) is 11.4 Å². The van der Waals surface area contributed by atoms with Crippen molar-refractivity contribution in [3.63, 3.8) is 0 Å². The quantitative estimate of drug-likeness (QED) is 0.793. The van der Waals surface area contributed by atoms with Gasteiger partial charge in [0.1, 0.15) is 5.75 Å². The summed E-state index contributed by atoms with van der Waals surface area (Å²) >= 11 is 5.90. The largest absolute Gasteiger partial charge is 0.491 e. The summed E-state index contributed by atoms with van der Waals surface area (Å²) in [5.41, 5.74) is 0.702. The van der Waals surface area contributed by atoms with Crippen LogP contribution >= 0.6 is 11.6 Å². The second-order valence-corrected chi connectivity index (χ2v) is 5.45. The van der Waals surface area contributed by atoms with E-state index in [0.717, 1.165) is 25.1 Å². The van der Waals surface area contributed by atoms with Crippen molar-refractivity contribution in [2.75, 3.05) is 12.4 Å². The maximum atomic E-state index is 12.4. The first kappa shape index (κ1) is 14.2. The van der Waals surface area contributed by atoms with Crippen LogP contribution in [0.4, 0.5) is 0 Å². The summed E-state index contributed by atoms with van der Waals surface area (Å²) in [7, 11) is 0. The average molecular weight is 282 g/mol. The Kier molecular flexibility index (Phi) is 4.70. The van der Waals surface area contributed by atoms with Gasteiger partial charge in [0.15, 0.2) is 0 Å².